The molecule has 7 heteroatoms. The van der Waals surface area contributed by atoms with E-state index in [0.29, 0.717) is 28.6 Å². The second-order valence-electron chi connectivity index (χ2n) is 6.78. The maximum absolute atomic E-state index is 12.5. The van der Waals surface area contributed by atoms with Crippen molar-refractivity contribution in [1.29, 1.82) is 0 Å². The third-order valence-electron chi connectivity index (χ3n) is 4.74. The number of anilines is 1. The second kappa shape index (κ2) is 8.21. The molecule has 1 heterocycles. The van der Waals surface area contributed by atoms with Gasteiger partial charge in [-0.2, -0.15) is 0 Å². The minimum absolute atomic E-state index is 0.201. The molecule has 0 bridgehead atoms. The summed E-state index contributed by atoms with van der Waals surface area (Å²) in [6.07, 6.45) is 3.30. The fourth-order valence-corrected chi connectivity index (χ4v) is 4.15. The number of carbonyl (C=O) groups is 2. The average molecular weight is 470 g/mol. The first-order valence-electron chi connectivity index (χ1n) is 8.66. The molecule has 4 nitrogen and oxygen atoms in total. The fourth-order valence-electron chi connectivity index (χ4n) is 3.37. The van der Waals surface area contributed by atoms with Crippen molar-refractivity contribution in [3.63, 3.8) is 0 Å². The van der Waals surface area contributed by atoms with Crippen LogP contribution in [0.25, 0.3) is 0 Å². The Morgan fingerprint density at radius 3 is 2.07 bits per heavy atom. The van der Waals surface area contributed by atoms with Gasteiger partial charge in [0.05, 0.1) is 5.69 Å². The van der Waals surface area contributed by atoms with Crippen LogP contribution in [0.3, 0.4) is 0 Å². The molecule has 2 aliphatic rings. The van der Waals surface area contributed by atoms with E-state index in [-0.39, 0.29) is 5.91 Å². The van der Waals surface area contributed by atoms with Crippen molar-refractivity contribution in [1.82, 2.24) is 5.32 Å². The highest BCUT2D eigenvalue weighted by molar-refractivity contribution is 9.10. The van der Waals surface area contributed by atoms with Crippen molar-refractivity contribution >= 4 is 56.8 Å². The first-order chi connectivity index (χ1) is 12.8. The molecule has 142 valence electrons. The normalized spacial score (nSPS) is 17.7. The van der Waals surface area contributed by atoms with Gasteiger partial charge in [0.2, 0.25) is 0 Å². The third kappa shape index (κ3) is 4.48. The summed E-state index contributed by atoms with van der Waals surface area (Å²) >= 11 is 15.2. The summed E-state index contributed by atoms with van der Waals surface area (Å²) in [7, 11) is 0. The quantitative estimate of drug-likeness (QED) is 0.511. The van der Waals surface area contributed by atoms with Crippen LogP contribution in [0.5, 0.6) is 0 Å². The number of amides is 3. The van der Waals surface area contributed by atoms with E-state index in [1.54, 1.807) is 18.2 Å². The Morgan fingerprint density at radius 1 is 1.00 bits per heavy atom. The summed E-state index contributed by atoms with van der Waals surface area (Å²) in [6.45, 7) is 2.08. The molecule has 4 rings (SSSR count). The molecular weight excluding hydrogens is 451 g/mol. The number of rotatable bonds is 1. The average Bonchev–Trinajstić information content (AvgIpc) is 3.16. The molecule has 1 aliphatic heterocycles. The smallest absolute Gasteiger partial charge is 0.323 e. The number of nitrogens with zero attached hydrogens (tertiary/aromatic N) is 1. The summed E-state index contributed by atoms with van der Waals surface area (Å²) in [6, 6.07) is 12.5. The summed E-state index contributed by atoms with van der Waals surface area (Å²) < 4.78 is 1.14. The minimum atomic E-state index is -0.716. The molecule has 2 aromatic carbocycles. The molecule has 1 N–H and O–H groups in total. The van der Waals surface area contributed by atoms with E-state index in [9.17, 15) is 9.59 Å². The Labute approximate surface area is 177 Å². The predicted octanol–water partition coefficient (Wildman–Crippen LogP) is 6.12. The number of nitrogens with one attached hydrogen (secondary N) is 1. The topological polar surface area (TPSA) is 49.4 Å². The molecule has 2 aromatic rings. The Kier molecular flexibility index (Phi) is 6.14. The molecule has 1 aliphatic carbocycles. The van der Waals surface area contributed by atoms with Crippen LogP contribution in [-0.4, -0.2) is 17.5 Å². The van der Waals surface area contributed by atoms with Crippen LogP contribution in [0.4, 0.5) is 10.5 Å². The number of hydrogen-bond acceptors (Lipinski definition) is 2. The number of benzene rings is 2. The summed E-state index contributed by atoms with van der Waals surface area (Å²) in [4.78, 5) is 25.7. The number of aryl methyl sites for hydroxylation is 1. The van der Waals surface area contributed by atoms with Gasteiger partial charge in [0.25, 0.3) is 5.91 Å². The van der Waals surface area contributed by atoms with E-state index >= 15 is 0 Å². The molecule has 2 fully saturated rings. The lowest BCUT2D eigenvalue weighted by Gasteiger charge is -2.20. The third-order valence-corrected chi connectivity index (χ3v) is 5.70. The van der Waals surface area contributed by atoms with Crippen LogP contribution in [0.2, 0.25) is 10.0 Å². The zero-order valence-electron chi connectivity index (χ0n) is 14.8. The van der Waals surface area contributed by atoms with Gasteiger partial charge in [-0.05, 0) is 50.1 Å². The molecule has 1 spiro atoms. The first-order valence-corrected chi connectivity index (χ1v) is 10.2. The van der Waals surface area contributed by atoms with Gasteiger partial charge in [0, 0.05) is 14.5 Å². The number of halogens is 3. The van der Waals surface area contributed by atoms with Crippen molar-refractivity contribution in [3.8, 4) is 0 Å². The van der Waals surface area contributed by atoms with Crippen molar-refractivity contribution in [3.05, 3.63) is 62.5 Å². The van der Waals surface area contributed by atoms with Crippen molar-refractivity contribution in [2.24, 2.45) is 0 Å². The molecule has 0 atom stereocenters. The van der Waals surface area contributed by atoms with Gasteiger partial charge in [-0.1, -0.05) is 69.7 Å². The van der Waals surface area contributed by atoms with Gasteiger partial charge >= 0.3 is 6.03 Å². The molecule has 1 saturated heterocycles. The molecule has 0 unspecified atom stereocenters. The van der Waals surface area contributed by atoms with Gasteiger partial charge in [0.15, 0.2) is 0 Å². The SMILES string of the molecule is Cc1ccc(Br)cc1.O=C1NC2(CCCC2)C(=O)N1c1cc(Cl)cc(Cl)c1. The van der Waals surface area contributed by atoms with E-state index < -0.39 is 11.6 Å². The maximum Gasteiger partial charge on any atom is 0.329 e. The van der Waals surface area contributed by atoms with Crippen molar-refractivity contribution in [2.45, 2.75) is 38.1 Å². The number of imide groups is 1. The highest BCUT2D eigenvalue weighted by Crippen LogP contribution is 2.38. The van der Waals surface area contributed by atoms with E-state index in [2.05, 4.69) is 40.3 Å². The Bertz CT molecular complexity index is 824. The Balaban J connectivity index is 0.000000221. The van der Waals surface area contributed by atoms with Gasteiger partial charge in [0.1, 0.15) is 5.54 Å². The fraction of sp³-hybridized carbons (Fsp3) is 0.300. The molecule has 27 heavy (non-hydrogen) atoms. The predicted molar refractivity (Wildman–Crippen MR) is 113 cm³/mol. The maximum atomic E-state index is 12.5. The van der Waals surface area contributed by atoms with Gasteiger partial charge in [-0.15, -0.1) is 0 Å². The highest BCUT2D eigenvalue weighted by Gasteiger charge is 2.52. The van der Waals surface area contributed by atoms with E-state index in [4.69, 9.17) is 23.2 Å². The van der Waals surface area contributed by atoms with Crippen LogP contribution in [-0.2, 0) is 4.79 Å². The van der Waals surface area contributed by atoms with E-state index in [1.807, 2.05) is 12.1 Å². The van der Waals surface area contributed by atoms with E-state index in [0.717, 1.165) is 22.2 Å². The van der Waals surface area contributed by atoms with Crippen molar-refractivity contribution in [2.75, 3.05) is 4.90 Å². The first kappa shape index (κ1) is 20.2. The lowest BCUT2D eigenvalue weighted by atomic mass is 9.98. The zero-order valence-corrected chi connectivity index (χ0v) is 17.9. The highest BCUT2D eigenvalue weighted by atomic mass is 79.9. The van der Waals surface area contributed by atoms with E-state index in [1.165, 1.54) is 5.56 Å². The standard InChI is InChI=1S/C13H12Cl2N2O2.C7H7Br/c14-8-5-9(15)7-10(6-8)17-11(18)13(16-12(17)19)3-1-2-4-13;1-6-2-4-7(8)5-3-6/h5-7H,1-4H2,(H,16,19);2-5H,1H3. The summed E-state index contributed by atoms with van der Waals surface area (Å²) in [5, 5.41) is 3.61. The van der Waals surface area contributed by atoms with Crippen LogP contribution < -0.4 is 10.2 Å². The summed E-state index contributed by atoms with van der Waals surface area (Å²) in [5.74, 6) is -0.201. The number of carbonyl (C=O) groups excluding carboxylic acids is 2. The largest absolute Gasteiger partial charge is 0.329 e. The van der Waals surface area contributed by atoms with Gasteiger partial charge in [-0.3, -0.25) is 4.79 Å². The van der Waals surface area contributed by atoms with Gasteiger partial charge < -0.3 is 5.32 Å². The van der Waals surface area contributed by atoms with Crippen LogP contribution in [0, 0.1) is 6.92 Å². The lowest BCUT2D eigenvalue weighted by molar-refractivity contribution is -0.121. The Hall–Kier alpha value is -1.56. The lowest BCUT2D eigenvalue weighted by Crippen LogP contribution is -2.44. The molecule has 3 amide bonds. The molecule has 1 saturated carbocycles. The van der Waals surface area contributed by atoms with Gasteiger partial charge in [-0.25, -0.2) is 9.69 Å². The minimum Gasteiger partial charge on any atom is -0.323 e. The number of hydrogen-bond donors (Lipinski definition) is 1. The molecule has 0 aromatic heterocycles. The molecular formula is C20H19BrCl2N2O2. The number of urea groups is 1. The Morgan fingerprint density at radius 2 is 1.56 bits per heavy atom. The van der Waals surface area contributed by atoms with Crippen LogP contribution in [0.15, 0.2) is 46.9 Å². The monoisotopic (exact) mass is 468 g/mol. The molecule has 0 radical (unpaired) electrons. The summed E-state index contributed by atoms with van der Waals surface area (Å²) in [5.41, 5.74) is 1.00. The van der Waals surface area contributed by atoms with Crippen LogP contribution >= 0.6 is 39.1 Å². The zero-order chi connectivity index (χ0) is 19.6. The van der Waals surface area contributed by atoms with Crippen LogP contribution in [0.1, 0.15) is 31.2 Å². The van der Waals surface area contributed by atoms with Crippen molar-refractivity contribution < 1.29 is 9.59 Å². The second-order valence-corrected chi connectivity index (χ2v) is 8.57.